The first-order chi connectivity index (χ1) is 8.78. The average molecular weight is 280 g/mol. The van der Waals surface area contributed by atoms with E-state index in [1.807, 2.05) is 31.2 Å². The maximum Gasteiger partial charge on any atom is 0.144 e. The first kappa shape index (κ1) is 13.2. The quantitative estimate of drug-likeness (QED) is 0.844. The lowest BCUT2D eigenvalue weighted by molar-refractivity contribution is 1.07. The summed E-state index contributed by atoms with van der Waals surface area (Å²) in [6, 6.07) is 7.81. The van der Waals surface area contributed by atoms with Crippen LogP contribution >= 0.6 is 23.4 Å². The highest BCUT2D eigenvalue weighted by molar-refractivity contribution is 7.98. The molecule has 0 bridgehead atoms. The maximum atomic E-state index is 5.93. The standard InChI is InChI=1S/C13H14ClN3S/c1-2-15-13-8-16-11(7-17-13)9-18-12-5-3-4-10(14)6-12/h3-8H,2,9H2,1H3,(H,15,17). The molecular formula is C13H14ClN3S. The Morgan fingerprint density at radius 2 is 2.17 bits per heavy atom. The molecule has 2 aromatic rings. The molecule has 0 saturated carbocycles. The van der Waals surface area contributed by atoms with Crippen LogP contribution < -0.4 is 5.32 Å². The van der Waals surface area contributed by atoms with Gasteiger partial charge in [-0.3, -0.25) is 4.98 Å². The van der Waals surface area contributed by atoms with Gasteiger partial charge in [0.25, 0.3) is 0 Å². The Kier molecular flexibility index (Phi) is 4.84. The fourth-order valence-electron chi connectivity index (χ4n) is 1.42. The van der Waals surface area contributed by atoms with E-state index in [2.05, 4.69) is 15.3 Å². The van der Waals surface area contributed by atoms with E-state index in [1.54, 1.807) is 24.2 Å². The maximum absolute atomic E-state index is 5.93. The molecule has 2 rings (SSSR count). The van der Waals surface area contributed by atoms with Gasteiger partial charge < -0.3 is 5.32 Å². The summed E-state index contributed by atoms with van der Waals surface area (Å²) in [5.41, 5.74) is 0.960. The van der Waals surface area contributed by atoms with Crippen molar-refractivity contribution in [2.45, 2.75) is 17.6 Å². The van der Waals surface area contributed by atoms with Gasteiger partial charge in [0, 0.05) is 22.2 Å². The minimum absolute atomic E-state index is 0.758. The van der Waals surface area contributed by atoms with Crippen LogP contribution in [0.5, 0.6) is 0 Å². The molecule has 1 aromatic carbocycles. The summed E-state index contributed by atoms with van der Waals surface area (Å²) in [5.74, 6) is 1.61. The van der Waals surface area contributed by atoms with Crippen molar-refractivity contribution in [3.05, 3.63) is 47.4 Å². The van der Waals surface area contributed by atoms with Crippen LogP contribution in [0, 0.1) is 0 Å². The van der Waals surface area contributed by atoms with Gasteiger partial charge in [0.2, 0.25) is 0 Å². The predicted molar refractivity (Wildman–Crippen MR) is 77.2 cm³/mol. The van der Waals surface area contributed by atoms with Crippen LogP contribution in [0.3, 0.4) is 0 Å². The van der Waals surface area contributed by atoms with Crippen LogP contribution in [-0.4, -0.2) is 16.5 Å². The van der Waals surface area contributed by atoms with E-state index in [1.165, 1.54) is 0 Å². The molecule has 0 aliphatic carbocycles. The largest absolute Gasteiger partial charge is 0.369 e. The molecular weight excluding hydrogens is 266 g/mol. The molecule has 0 fully saturated rings. The summed E-state index contributed by atoms with van der Waals surface area (Å²) >= 11 is 7.63. The highest BCUT2D eigenvalue weighted by Crippen LogP contribution is 2.24. The second-order valence-corrected chi connectivity index (χ2v) is 5.15. The minimum atomic E-state index is 0.758. The lowest BCUT2D eigenvalue weighted by Crippen LogP contribution is -2.00. The molecule has 0 saturated heterocycles. The zero-order chi connectivity index (χ0) is 12.8. The van der Waals surface area contributed by atoms with Crippen molar-refractivity contribution >= 4 is 29.2 Å². The fraction of sp³-hybridized carbons (Fsp3) is 0.231. The molecule has 1 N–H and O–H groups in total. The molecule has 0 radical (unpaired) electrons. The minimum Gasteiger partial charge on any atom is -0.369 e. The van der Waals surface area contributed by atoms with Gasteiger partial charge in [-0.15, -0.1) is 11.8 Å². The number of halogens is 1. The zero-order valence-electron chi connectivity index (χ0n) is 10.1. The first-order valence-corrected chi connectivity index (χ1v) is 7.07. The van der Waals surface area contributed by atoms with Crippen LogP contribution in [0.15, 0.2) is 41.6 Å². The summed E-state index contributed by atoms with van der Waals surface area (Å²) in [4.78, 5) is 9.78. The molecule has 0 unspecified atom stereocenters. The third-order valence-electron chi connectivity index (χ3n) is 2.25. The number of rotatable bonds is 5. The fourth-order valence-corrected chi connectivity index (χ4v) is 2.52. The Morgan fingerprint density at radius 3 is 2.83 bits per heavy atom. The number of aromatic nitrogens is 2. The van der Waals surface area contributed by atoms with Crippen LogP contribution in [0.25, 0.3) is 0 Å². The number of hydrogen-bond acceptors (Lipinski definition) is 4. The molecule has 0 aliphatic rings. The molecule has 0 amide bonds. The predicted octanol–water partition coefficient (Wildman–Crippen LogP) is 3.85. The van der Waals surface area contributed by atoms with Crippen LogP contribution in [0.1, 0.15) is 12.6 Å². The lowest BCUT2D eigenvalue weighted by atomic mass is 10.4. The van der Waals surface area contributed by atoms with E-state index in [9.17, 15) is 0 Å². The number of hydrogen-bond donors (Lipinski definition) is 1. The molecule has 1 aromatic heterocycles. The number of nitrogens with one attached hydrogen (secondary N) is 1. The molecule has 94 valence electrons. The molecule has 3 nitrogen and oxygen atoms in total. The number of anilines is 1. The topological polar surface area (TPSA) is 37.8 Å². The van der Waals surface area contributed by atoms with E-state index in [0.717, 1.165) is 33.7 Å². The monoisotopic (exact) mass is 279 g/mol. The van der Waals surface area contributed by atoms with Gasteiger partial charge in [0.1, 0.15) is 5.82 Å². The van der Waals surface area contributed by atoms with Gasteiger partial charge in [-0.25, -0.2) is 4.98 Å². The van der Waals surface area contributed by atoms with Gasteiger partial charge in [-0.1, -0.05) is 17.7 Å². The highest BCUT2D eigenvalue weighted by Gasteiger charge is 2.00. The Bertz CT molecular complexity index is 502. The summed E-state index contributed by atoms with van der Waals surface area (Å²) in [6.45, 7) is 2.88. The summed E-state index contributed by atoms with van der Waals surface area (Å²) in [5, 5.41) is 3.88. The summed E-state index contributed by atoms with van der Waals surface area (Å²) < 4.78 is 0. The van der Waals surface area contributed by atoms with Crippen LogP contribution in [0.4, 0.5) is 5.82 Å². The van der Waals surface area contributed by atoms with Crippen molar-refractivity contribution in [3.63, 3.8) is 0 Å². The second kappa shape index (κ2) is 6.61. The Morgan fingerprint density at radius 1 is 1.28 bits per heavy atom. The number of nitrogens with zero attached hydrogens (tertiary/aromatic N) is 2. The van der Waals surface area contributed by atoms with Crippen molar-refractivity contribution in [1.82, 2.24) is 9.97 Å². The smallest absolute Gasteiger partial charge is 0.144 e. The zero-order valence-corrected chi connectivity index (χ0v) is 11.6. The summed E-state index contributed by atoms with van der Waals surface area (Å²) in [7, 11) is 0. The van der Waals surface area contributed by atoms with Gasteiger partial charge in [-0.05, 0) is 25.1 Å². The molecule has 0 aliphatic heterocycles. The third kappa shape index (κ3) is 3.89. The van der Waals surface area contributed by atoms with E-state index in [4.69, 9.17) is 11.6 Å². The Hall–Kier alpha value is -1.26. The van der Waals surface area contributed by atoms with E-state index < -0.39 is 0 Å². The van der Waals surface area contributed by atoms with Gasteiger partial charge >= 0.3 is 0 Å². The number of benzene rings is 1. The molecule has 1 heterocycles. The van der Waals surface area contributed by atoms with Crippen LogP contribution in [-0.2, 0) is 5.75 Å². The SMILES string of the molecule is CCNc1cnc(CSc2cccc(Cl)c2)cn1. The van der Waals surface area contributed by atoms with Gasteiger partial charge in [0.15, 0.2) is 0 Å². The highest BCUT2D eigenvalue weighted by atomic mass is 35.5. The van der Waals surface area contributed by atoms with Crippen LogP contribution in [0.2, 0.25) is 5.02 Å². The normalized spacial score (nSPS) is 10.3. The lowest BCUT2D eigenvalue weighted by Gasteiger charge is -2.04. The summed E-state index contributed by atoms with van der Waals surface area (Å²) in [6.07, 6.45) is 3.56. The molecule has 5 heteroatoms. The first-order valence-electron chi connectivity index (χ1n) is 5.71. The Balaban J connectivity index is 1.93. The molecule has 18 heavy (non-hydrogen) atoms. The third-order valence-corrected chi connectivity index (χ3v) is 3.51. The average Bonchev–Trinajstić information content (AvgIpc) is 2.38. The number of thioether (sulfide) groups is 1. The van der Waals surface area contributed by atoms with Crippen molar-refractivity contribution in [1.29, 1.82) is 0 Å². The van der Waals surface area contributed by atoms with Gasteiger partial charge in [0.05, 0.1) is 18.1 Å². The van der Waals surface area contributed by atoms with E-state index in [-0.39, 0.29) is 0 Å². The van der Waals surface area contributed by atoms with Crippen molar-refractivity contribution in [3.8, 4) is 0 Å². The Labute approximate surface area is 116 Å². The van der Waals surface area contributed by atoms with E-state index in [0.29, 0.717) is 0 Å². The van der Waals surface area contributed by atoms with Gasteiger partial charge in [-0.2, -0.15) is 0 Å². The van der Waals surface area contributed by atoms with Crippen molar-refractivity contribution in [2.24, 2.45) is 0 Å². The van der Waals surface area contributed by atoms with E-state index >= 15 is 0 Å². The molecule has 0 atom stereocenters. The van der Waals surface area contributed by atoms with Crippen molar-refractivity contribution in [2.75, 3.05) is 11.9 Å². The molecule has 0 spiro atoms. The van der Waals surface area contributed by atoms with Crippen molar-refractivity contribution < 1.29 is 0 Å². The second-order valence-electron chi connectivity index (χ2n) is 3.67.